The number of hydrogen-bond donors (Lipinski definition) is 2. The van der Waals surface area contributed by atoms with Gasteiger partial charge in [-0.25, -0.2) is 4.39 Å². The molecule has 0 aliphatic carbocycles. The van der Waals surface area contributed by atoms with Gasteiger partial charge in [-0.1, -0.05) is 11.6 Å². The molecule has 1 atom stereocenters. The van der Waals surface area contributed by atoms with Gasteiger partial charge in [0.1, 0.15) is 0 Å². The van der Waals surface area contributed by atoms with Crippen LogP contribution in [-0.4, -0.2) is 17.7 Å². The van der Waals surface area contributed by atoms with Crippen molar-refractivity contribution in [3.05, 3.63) is 28.5 Å². The van der Waals surface area contributed by atoms with Gasteiger partial charge in [-0.05, 0) is 43.5 Å². The van der Waals surface area contributed by atoms with Gasteiger partial charge in [0, 0.05) is 6.04 Å². The first-order valence-electron chi connectivity index (χ1n) is 5.07. The fourth-order valence-electron chi connectivity index (χ4n) is 1.96. The molecular formula is C11H13ClFNO. The molecule has 0 aromatic heterocycles. The van der Waals surface area contributed by atoms with Crippen molar-refractivity contribution in [2.45, 2.75) is 25.3 Å². The molecule has 0 spiro atoms. The molecule has 1 aromatic carbocycles. The quantitative estimate of drug-likeness (QED) is 0.817. The molecule has 1 saturated heterocycles. The highest BCUT2D eigenvalue weighted by Crippen LogP contribution is 2.26. The number of phenolic OH excluding ortho intramolecular Hbond substituents is 1. The number of aromatic hydroxyl groups is 1. The van der Waals surface area contributed by atoms with Crippen LogP contribution in [0.2, 0.25) is 5.02 Å². The van der Waals surface area contributed by atoms with Crippen molar-refractivity contribution in [2.75, 3.05) is 6.54 Å². The smallest absolute Gasteiger partial charge is 0.183 e. The van der Waals surface area contributed by atoms with Gasteiger partial charge < -0.3 is 10.4 Å². The summed E-state index contributed by atoms with van der Waals surface area (Å²) in [4.78, 5) is 0. The van der Waals surface area contributed by atoms with Gasteiger partial charge in [-0.2, -0.15) is 0 Å². The average molecular weight is 230 g/mol. The van der Waals surface area contributed by atoms with E-state index in [0.717, 1.165) is 24.9 Å². The second kappa shape index (κ2) is 4.37. The second-order valence-corrected chi connectivity index (χ2v) is 4.32. The lowest BCUT2D eigenvalue weighted by Crippen LogP contribution is -2.23. The van der Waals surface area contributed by atoms with Gasteiger partial charge in [-0.15, -0.1) is 0 Å². The molecule has 1 aromatic rings. The van der Waals surface area contributed by atoms with Crippen molar-refractivity contribution in [1.29, 1.82) is 0 Å². The summed E-state index contributed by atoms with van der Waals surface area (Å²) in [6, 6.07) is 3.45. The lowest BCUT2D eigenvalue weighted by atomic mass is 10.0. The molecule has 1 aliphatic heterocycles. The lowest BCUT2D eigenvalue weighted by Gasteiger charge is -2.11. The summed E-state index contributed by atoms with van der Waals surface area (Å²) in [6.45, 7) is 1.03. The standard InChI is InChI=1S/C11H13ClFNO/c12-9-5-7(6-10(15)11(9)13)4-8-2-1-3-14-8/h5-6,8,14-15H,1-4H2. The van der Waals surface area contributed by atoms with Crippen LogP contribution in [0.15, 0.2) is 12.1 Å². The Morgan fingerprint density at radius 1 is 1.53 bits per heavy atom. The summed E-state index contributed by atoms with van der Waals surface area (Å²) in [5.74, 6) is -1.10. The average Bonchev–Trinajstić information content (AvgIpc) is 2.66. The van der Waals surface area contributed by atoms with Crippen LogP contribution in [0.1, 0.15) is 18.4 Å². The molecule has 0 amide bonds. The highest BCUT2D eigenvalue weighted by atomic mass is 35.5. The van der Waals surface area contributed by atoms with Crippen LogP contribution in [0.3, 0.4) is 0 Å². The van der Waals surface area contributed by atoms with Crippen molar-refractivity contribution in [3.63, 3.8) is 0 Å². The Kier molecular flexibility index (Phi) is 3.12. The van der Waals surface area contributed by atoms with Crippen molar-refractivity contribution in [3.8, 4) is 5.75 Å². The SMILES string of the molecule is Oc1cc(CC2CCCN2)cc(Cl)c1F. The Bertz CT molecular complexity index is 341. The third-order valence-corrected chi connectivity index (χ3v) is 2.99. The molecule has 1 aliphatic rings. The molecular weight excluding hydrogens is 217 g/mol. The number of halogens is 2. The van der Waals surface area contributed by atoms with Gasteiger partial charge in [0.05, 0.1) is 5.02 Å². The molecule has 0 saturated carbocycles. The molecule has 1 heterocycles. The van der Waals surface area contributed by atoms with Crippen LogP contribution in [-0.2, 0) is 6.42 Å². The number of rotatable bonds is 2. The van der Waals surface area contributed by atoms with Crippen LogP contribution in [0.25, 0.3) is 0 Å². The summed E-state index contributed by atoms with van der Waals surface area (Å²) in [6.07, 6.45) is 3.08. The van der Waals surface area contributed by atoms with Gasteiger partial charge >= 0.3 is 0 Å². The van der Waals surface area contributed by atoms with E-state index < -0.39 is 5.82 Å². The molecule has 1 fully saturated rings. The van der Waals surface area contributed by atoms with Gasteiger partial charge in [0.2, 0.25) is 0 Å². The largest absolute Gasteiger partial charge is 0.505 e. The van der Waals surface area contributed by atoms with Crippen LogP contribution in [0.5, 0.6) is 5.75 Å². The topological polar surface area (TPSA) is 32.3 Å². The fraction of sp³-hybridized carbons (Fsp3) is 0.455. The van der Waals surface area contributed by atoms with Crippen molar-refractivity contribution >= 4 is 11.6 Å². The van der Waals surface area contributed by atoms with Gasteiger partial charge in [-0.3, -0.25) is 0 Å². The first-order chi connectivity index (χ1) is 7.16. The maximum absolute atomic E-state index is 13.0. The minimum atomic E-state index is -0.736. The molecule has 1 unspecified atom stereocenters. The van der Waals surface area contributed by atoms with E-state index in [-0.39, 0.29) is 10.8 Å². The molecule has 82 valence electrons. The molecule has 2 nitrogen and oxygen atoms in total. The minimum absolute atomic E-state index is 0.0111. The lowest BCUT2D eigenvalue weighted by molar-refractivity contribution is 0.431. The zero-order valence-corrected chi connectivity index (χ0v) is 9.02. The Hall–Kier alpha value is -0.800. The molecule has 0 radical (unpaired) electrons. The molecule has 2 N–H and O–H groups in total. The maximum atomic E-state index is 13.0. The predicted octanol–water partition coefficient (Wildman–Crippen LogP) is 2.48. The first-order valence-corrected chi connectivity index (χ1v) is 5.45. The number of phenols is 1. The van der Waals surface area contributed by atoms with E-state index in [1.54, 1.807) is 6.07 Å². The van der Waals surface area contributed by atoms with E-state index in [1.165, 1.54) is 12.5 Å². The summed E-state index contributed by atoms with van der Waals surface area (Å²) < 4.78 is 13.0. The molecule has 4 heteroatoms. The van der Waals surface area contributed by atoms with E-state index in [2.05, 4.69) is 5.32 Å². The van der Waals surface area contributed by atoms with Gasteiger partial charge in [0.25, 0.3) is 0 Å². The monoisotopic (exact) mass is 229 g/mol. The number of benzene rings is 1. The number of hydrogen-bond acceptors (Lipinski definition) is 2. The van der Waals surface area contributed by atoms with E-state index in [9.17, 15) is 9.50 Å². The fourth-order valence-corrected chi connectivity index (χ4v) is 2.20. The highest BCUT2D eigenvalue weighted by Gasteiger charge is 2.16. The zero-order valence-electron chi connectivity index (χ0n) is 8.26. The van der Waals surface area contributed by atoms with Crippen LogP contribution in [0, 0.1) is 5.82 Å². The van der Waals surface area contributed by atoms with Crippen LogP contribution in [0.4, 0.5) is 4.39 Å². The molecule has 0 bridgehead atoms. The van der Waals surface area contributed by atoms with E-state index in [1.807, 2.05) is 0 Å². The van der Waals surface area contributed by atoms with Crippen LogP contribution >= 0.6 is 11.6 Å². The van der Waals surface area contributed by atoms with Crippen LogP contribution < -0.4 is 5.32 Å². The van der Waals surface area contributed by atoms with Gasteiger partial charge in [0.15, 0.2) is 11.6 Å². The third kappa shape index (κ3) is 2.41. The summed E-state index contributed by atoms with van der Waals surface area (Å²) in [5, 5.41) is 12.6. The molecule has 15 heavy (non-hydrogen) atoms. The summed E-state index contributed by atoms with van der Waals surface area (Å²) in [5.41, 5.74) is 0.873. The van der Waals surface area contributed by atoms with E-state index in [4.69, 9.17) is 11.6 Å². The second-order valence-electron chi connectivity index (χ2n) is 3.91. The summed E-state index contributed by atoms with van der Waals surface area (Å²) >= 11 is 5.65. The van der Waals surface area contributed by atoms with Crippen molar-refractivity contribution in [1.82, 2.24) is 5.32 Å². The minimum Gasteiger partial charge on any atom is -0.505 e. The summed E-state index contributed by atoms with van der Waals surface area (Å²) in [7, 11) is 0. The Morgan fingerprint density at radius 3 is 2.93 bits per heavy atom. The van der Waals surface area contributed by atoms with Crippen molar-refractivity contribution in [2.24, 2.45) is 0 Å². The number of nitrogens with one attached hydrogen (secondary N) is 1. The molecule has 2 rings (SSSR count). The van der Waals surface area contributed by atoms with E-state index >= 15 is 0 Å². The van der Waals surface area contributed by atoms with E-state index in [0.29, 0.717) is 6.04 Å². The first kappa shape index (κ1) is 10.7. The normalized spacial score (nSPS) is 20.8. The third-order valence-electron chi connectivity index (χ3n) is 2.71. The Labute approximate surface area is 93.1 Å². The van der Waals surface area contributed by atoms with Crippen molar-refractivity contribution < 1.29 is 9.50 Å². The maximum Gasteiger partial charge on any atom is 0.183 e. The predicted molar refractivity (Wildman–Crippen MR) is 57.8 cm³/mol. The Balaban J connectivity index is 2.14. The highest BCUT2D eigenvalue weighted by molar-refractivity contribution is 6.30. The Morgan fingerprint density at radius 2 is 2.33 bits per heavy atom. The zero-order chi connectivity index (χ0) is 10.8.